The van der Waals surface area contributed by atoms with Gasteiger partial charge in [-0.15, -0.1) is 0 Å². The maximum atomic E-state index is 12.7. The zero-order valence-corrected chi connectivity index (χ0v) is 15.3. The second-order valence-corrected chi connectivity index (χ2v) is 8.05. The van der Waals surface area contributed by atoms with Crippen LogP contribution in [0.25, 0.3) is 0 Å². The van der Waals surface area contributed by atoms with Crippen molar-refractivity contribution in [1.29, 1.82) is 0 Å². The lowest BCUT2D eigenvalue weighted by Crippen LogP contribution is -3.13. The molecule has 2 saturated heterocycles. The van der Waals surface area contributed by atoms with E-state index in [-0.39, 0.29) is 5.92 Å². The van der Waals surface area contributed by atoms with Gasteiger partial charge in [0.1, 0.15) is 0 Å². The molecule has 2 aliphatic heterocycles. The lowest BCUT2D eigenvalue weighted by atomic mass is 9.92. The van der Waals surface area contributed by atoms with E-state index in [1.54, 1.807) is 4.90 Å². The van der Waals surface area contributed by atoms with E-state index in [1.807, 2.05) is 0 Å². The van der Waals surface area contributed by atoms with Crippen molar-refractivity contribution in [3.05, 3.63) is 35.9 Å². The summed E-state index contributed by atoms with van der Waals surface area (Å²) in [5.74, 6) is 2.11. The molecular weight excluding hydrogens is 296 g/mol. The summed E-state index contributed by atoms with van der Waals surface area (Å²) in [5, 5.41) is 0. The highest BCUT2D eigenvalue weighted by Gasteiger charge is 2.32. The summed E-state index contributed by atoms with van der Waals surface area (Å²) in [6, 6.07) is 10.8. The fourth-order valence-corrected chi connectivity index (χ4v) is 4.30. The summed E-state index contributed by atoms with van der Waals surface area (Å²) >= 11 is 0. The number of nitrogens with zero attached hydrogens (tertiary/aromatic N) is 1. The van der Waals surface area contributed by atoms with Gasteiger partial charge >= 0.3 is 0 Å². The second kappa shape index (κ2) is 8.15. The molecule has 0 unspecified atom stereocenters. The lowest BCUT2D eigenvalue weighted by Gasteiger charge is -2.36. The van der Waals surface area contributed by atoms with Crippen molar-refractivity contribution in [2.24, 2.45) is 11.8 Å². The first kappa shape index (κ1) is 17.5. The van der Waals surface area contributed by atoms with E-state index in [2.05, 4.69) is 49.1 Å². The lowest BCUT2D eigenvalue weighted by molar-refractivity contribution is -0.907. The molecule has 1 amide bonds. The van der Waals surface area contributed by atoms with Gasteiger partial charge in [0.15, 0.2) is 0 Å². The Morgan fingerprint density at radius 2 is 1.75 bits per heavy atom. The number of hydrogen-bond acceptors (Lipinski definition) is 1. The molecule has 2 heterocycles. The van der Waals surface area contributed by atoms with Gasteiger partial charge in [0.05, 0.1) is 19.6 Å². The number of carbonyl (C=O) groups excluding carboxylic acids is 1. The quantitative estimate of drug-likeness (QED) is 0.901. The van der Waals surface area contributed by atoms with Gasteiger partial charge < -0.3 is 9.80 Å². The van der Waals surface area contributed by atoms with E-state index >= 15 is 0 Å². The van der Waals surface area contributed by atoms with Crippen molar-refractivity contribution >= 4 is 5.91 Å². The fourth-order valence-electron chi connectivity index (χ4n) is 4.30. The van der Waals surface area contributed by atoms with Crippen molar-refractivity contribution in [2.75, 3.05) is 32.7 Å². The van der Waals surface area contributed by atoms with Crippen LogP contribution in [0.1, 0.15) is 51.0 Å². The number of carbonyl (C=O) groups is 1. The molecule has 0 spiro atoms. The highest BCUT2D eigenvalue weighted by molar-refractivity contribution is 5.79. The summed E-state index contributed by atoms with van der Waals surface area (Å²) in [7, 11) is 0. The van der Waals surface area contributed by atoms with Gasteiger partial charge in [-0.2, -0.15) is 0 Å². The highest BCUT2D eigenvalue weighted by Crippen LogP contribution is 2.21. The molecule has 1 aromatic rings. The van der Waals surface area contributed by atoms with Crippen LogP contribution in [0.5, 0.6) is 0 Å². The first-order valence-electron chi connectivity index (χ1n) is 9.80. The zero-order chi connectivity index (χ0) is 16.9. The predicted molar refractivity (Wildman–Crippen MR) is 98.1 cm³/mol. The Kier molecular flexibility index (Phi) is 5.94. The Labute approximate surface area is 147 Å². The molecule has 0 bridgehead atoms. The Morgan fingerprint density at radius 3 is 2.38 bits per heavy atom. The number of quaternary nitrogens is 1. The number of hydrogen-bond donors (Lipinski definition) is 1. The van der Waals surface area contributed by atoms with E-state index in [0.717, 1.165) is 44.9 Å². The van der Waals surface area contributed by atoms with E-state index in [1.165, 1.54) is 24.9 Å². The van der Waals surface area contributed by atoms with Crippen LogP contribution in [0.4, 0.5) is 0 Å². The van der Waals surface area contributed by atoms with Crippen LogP contribution in [-0.4, -0.2) is 43.5 Å². The molecule has 0 radical (unpaired) electrons. The third-order valence-corrected chi connectivity index (χ3v) is 6.10. The zero-order valence-electron chi connectivity index (χ0n) is 15.3. The predicted octanol–water partition coefficient (Wildman–Crippen LogP) is 2.34. The van der Waals surface area contributed by atoms with Crippen molar-refractivity contribution in [3.8, 4) is 0 Å². The minimum Gasteiger partial charge on any atom is -0.342 e. The Morgan fingerprint density at radius 1 is 1.12 bits per heavy atom. The maximum absolute atomic E-state index is 12.7. The second-order valence-electron chi connectivity index (χ2n) is 8.05. The van der Waals surface area contributed by atoms with E-state index in [9.17, 15) is 4.79 Å². The fraction of sp³-hybridized carbons (Fsp3) is 0.667. The standard InChI is InChI=1S/C21H32N2O/c1-17-8-14-23(15-9-17)21(24)20-10-12-22(13-11-20)16-18(2)19-6-4-3-5-7-19/h3-7,17-18,20H,8-16H2,1-2H3/p+1/t18-/m0/s1. The monoisotopic (exact) mass is 329 g/mol. The Hall–Kier alpha value is -1.35. The van der Waals surface area contributed by atoms with Crippen molar-refractivity contribution in [3.63, 3.8) is 0 Å². The maximum Gasteiger partial charge on any atom is 0.226 e. The number of benzene rings is 1. The van der Waals surface area contributed by atoms with Gasteiger partial charge in [-0.3, -0.25) is 4.79 Å². The minimum absolute atomic E-state index is 0.286. The number of rotatable bonds is 4. The van der Waals surface area contributed by atoms with E-state index < -0.39 is 0 Å². The largest absolute Gasteiger partial charge is 0.342 e. The van der Waals surface area contributed by atoms with Crippen LogP contribution >= 0.6 is 0 Å². The molecule has 3 nitrogen and oxygen atoms in total. The van der Waals surface area contributed by atoms with Gasteiger partial charge in [-0.25, -0.2) is 0 Å². The number of nitrogens with one attached hydrogen (secondary N) is 1. The summed E-state index contributed by atoms with van der Waals surface area (Å²) in [4.78, 5) is 16.5. The number of piperidine rings is 2. The molecule has 0 aliphatic carbocycles. The molecule has 1 N–H and O–H groups in total. The molecule has 1 atom stereocenters. The van der Waals surface area contributed by atoms with Gasteiger partial charge in [0.2, 0.25) is 5.91 Å². The average Bonchev–Trinajstić information content (AvgIpc) is 2.63. The molecule has 2 fully saturated rings. The molecule has 0 saturated carbocycles. The molecule has 24 heavy (non-hydrogen) atoms. The van der Waals surface area contributed by atoms with E-state index in [0.29, 0.717) is 11.8 Å². The number of amides is 1. The molecule has 1 aromatic carbocycles. The third-order valence-electron chi connectivity index (χ3n) is 6.10. The summed E-state index contributed by atoms with van der Waals surface area (Å²) in [6.45, 7) is 10.1. The minimum atomic E-state index is 0.286. The van der Waals surface area contributed by atoms with Gasteiger partial charge in [-0.1, -0.05) is 44.2 Å². The average molecular weight is 330 g/mol. The summed E-state index contributed by atoms with van der Waals surface area (Å²) in [5.41, 5.74) is 1.44. The van der Waals surface area contributed by atoms with Crippen LogP contribution in [0.15, 0.2) is 30.3 Å². The summed E-state index contributed by atoms with van der Waals surface area (Å²) in [6.07, 6.45) is 4.51. The van der Waals surface area contributed by atoms with E-state index in [4.69, 9.17) is 0 Å². The van der Waals surface area contributed by atoms with Gasteiger partial charge in [0, 0.05) is 37.8 Å². The van der Waals surface area contributed by atoms with Crippen LogP contribution < -0.4 is 4.90 Å². The van der Waals surface area contributed by atoms with Gasteiger partial charge in [0.25, 0.3) is 0 Å². The van der Waals surface area contributed by atoms with Crippen molar-refractivity contribution in [2.45, 2.75) is 45.4 Å². The topological polar surface area (TPSA) is 24.8 Å². The molecular formula is C21H33N2O+. The van der Waals surface area contributed by atoms with Crippen LogP contribution in [0.2, 0.25) is 0 Å². The molecule has 3 rings (SSSR count). The smallest absolute Gasteiger partial charge is 0.226 e. The normalized spacial score (nSPS) is 27.0. The summed E-state index contributed by atoms with van der Waals surface area (Å²) < 4.78 is 0. The molecule has 0 aromatic heterocycles. The molecule has 3 heteroatoms. The van der Waals surface area contributed by atoms with Crippen LogP contribution in [-0.2, 0) is 4.79 Å². The number of likely N-dealkylation sites (tertiary alicyclic amines) is 2. The molecule has 2 aliphatic rings. The Balaban J connectivity index is 1.45. The van der Waals surface area contributed by atoms with Crippen LogP contribution in [0, 0.1) is 11.8 Å². The van der Waals surface area contributed by atoms with Crippen molar-refractivity contribution in [1.82, 2.24) is 4.90 Å². The first-order valence-corrected chi connectivity index (χ1v) is 9.80. The van der Waals surface area contributed by atoms with Crippen LogP contribution in [0.3, 0.4) is 0 Å². The SMILES string of the molecule is CC1CCN(C(=O)C2CC[NH+](C[C@H](C)c3ccccc3)CC2)CC1. The van der Waals surface area contributed by atoms with Crippen molar-refractivity contribution < 1.29 is 9.69 Å². The van der Waals surface area contributed by atoms with Gasteiger partial charge in [-0.05, 0) is 24.3 Å². The third kappa shape index (κ3) is 4.38. The first-order chi connectivity index (χ1) is 11.6. The highest BCUT2D eigenvalue weighted by atomic mass is 16.2. The Bertz CT molecular complexity index is 514. The molecule has 132 valence electrons.